The van der Waals surface area contributed by atoms with E-state index >= 15 is 0 Å². The summed E-state index contributed by atoms with van der Waals surface area (Å²) in [6, 6.07) is 34.3. The summed E-state index contributed by atoms with van der Waals surface area (Å²) in [6.07, 6.45) is 0. The molecule has 3 aromatic carbocycles. The normalized spacial score (nSPS) is 10.9. The van der Waals surface area contributed by atoms with Crippen LogP contribution in [0, 0.1) is 6.07 Å². The molecule has 4 nitrogen and oxygen atoms in total. The Balaban J connectivity index is 0.000000997. The number of hydrogen-bond donors (Lipinski definition) is 0. The topological polar surface area (TPSA) is 55.2 Å². The maximum absolute atomic E-state index is 5.40. The van der Waals surface area contributed by atoms with Crippen LogP contribution in [0.15, 0.2) is 91.0 Å². The third kappa shape index (κ3) is 10.5. The molecule has 0 amide bonds. The van der Waals surface area contributed by atoms with Crippen LogP contribution in [0.2, 0.25) is 0 Å². The van der Waals surface area contributed by atoms with Gasteiger partial charge in [-0.05, 0) is 29.6 Å². The molecule has 0 spiro atoms. The Morgan fingerprint density at radius 1 is 0.641 bits per heavy atom. The molecule has 4 rings (SSSR count). The monoisotopic (exact) mass is 686 g/mol. The van der Waals surface area contributed by atoms with Crippen molar-refractivity contribution in [2.75, 3.05) is 28.2 Å². The quantitative estimate of drug-likeness (QED) is 0.141. The smallest absolute Gasteiger partial charge is 0.673 e. The third-order valence-electron chi connectivity index (χ3n) is 5.75. The molecule has 0 aliphatic heterocycles. The van der Waals surface area contributed by atoms with Crippen molar-refractivity contribution in [2.45, 2.75) is 45.6 Å². The molecule has 0 N–H and O–H groups in total. The number of rotatable bonds is 7. The molecule has 1 heterocycles. The third-order valence-corrected chi connectivity index (χ3v) is 5.75. The van der Waals surface area contributed by atoms with Gasteiger partial charge in [0.05, 0.1) is 0 Å². The van der Waals surface area contributed by atoms with Crippen LogP contribution in [0.1, 0.15) is 68.0 Å². The van der Waals surface area contributed by atoms with Crippen molar-refractivity contribution < 1.29 is 25.8 Å². The van der Waals surface area contributed by atoms with Crippen molar-refractivity contribution in [3.05, 3.63) is 135 Å². The summed E-state index contributed by atoms with van der Waals surface area (Å²) in [6.45, 7) is 8.94. The van der Waals surface area contributed by atoms with Gasteiger partial charge in [0.1, 0.15) is 0 Å². The van der Waals surface area contributed by atoms with E-state index in [1.54, 1.807) is 28.2 Å². The van der Waals surface area contributed by atoms with Crippen LogP contribution in [0.4, 0.5) is 5.69 Å². The summed E-state index contributed by atoms with van der Waals surface area (Å²) in [5, 5.41) is 12.4. The maximum atomic E-state index is 5.40. The zero-order chi connectivity index (χ0) is 27.9. The minimum Gasteiger partial charge on any atom is -0.673 e. The zero-order valence-electron chi connectivity index (χ0n) is 24.7. The van der Waals surface area contributed by atoms with Gasteiger partial charge in [0.25, 0.3) is 0 Å². The largest absolute Gasteiger partial charge is 4.00 e. The molecule has 0 fully saturated rings. The van der Waals surface area contributed by atoms with Crippen molar-refractivity contribution in [3.63, 3.8) is 0 Å². The van der Waals surface area contributed by atoms with Crippen molar-refractivity contribution in [1.82, 2.24) is 4.98 Å². The molecule has 1 aromatic heterocycles. The summed E-state index contributed by atoms with van der Waals surface area (Å²) in [4.78, 5) is 5.04. The maximum Gasteiger partial charge on any atom is 4.00 e. The number of benzene rings is 3. The number of para-hydroxylation sites is 1. The van der Waals surface area contributed by atoms with Crippen molar-refractivity contribution in [2.24, 2.45) is 0 Å². The first kappa shape index (κ1) is 34.4. The van der Waals surface area contributed by atoms with Crippen LogP contribution < -0.4 is 0 Å². The Morgan fingerprint density at radius 2 is 1.18 bits per heavy atom. The number of pyridine rings is 1. The standard InChI is InChI=1S/C30H30N2.2C2H6N.Hf/c1-21(2)25-17-11-18-26(22(3)4)30(25)32-29(24-15-9-6-10-16-24)28-20-12-19-27(31-28)23-13-7-5-8-14-23;2*1-3-2;/h5-13,15-22,29H,1-4H3;2*1-2H3;/q-2;2*-1;+4. The Labute approximate surface area is 255 Å². The molecule has 5 heteroatoms. The van der Waals surface area contributed by atoms with Gasteiger partial charge in [-0.25, -0.2) is 0 Å². The van der Waals surface area contributed by atoms with E-state index in [1.165, 1.54) is 11.1 Å². The number of nitrogens with zero attached hydrogens (tertiary/aromatic N) is 4. The molecule has 1 unspecified atom stereocenters. The van der Waals surface area contributed by atoms with Crippen molar-refractivity contribution in [1.29, 1.82) is 0 Å². The van der Waals surface area contributed by atoms with Crippen LogP contribution in [0.5, 0.6) is 0 Å². The van der Waals surface area contributed by atoms with Crippen LogP contribution >= 0.6 is 0 Å². The average molecular weight is 685 g/mol. The molecule has 0 bridgehead atoms. The summed E-state index contributed by atoms with van der Waals surface area (Å²) in [5.74, 6) is 0.782. The minimum absolute atomic E-state index is 0. The first-order valence-electron chi connectivity index (χ1n) is 13.2. The molecule has 0 saturated carbocycles. The van der Waals surface area contributed by atoms with Crippen LogP contribution in [0.25, 0.3) is 27.2 Å². The van der Waals surface area contributed by atoms with E-state index in [1.807, 2.05) is 36.4 Å². The SMILES string of the molecule is CC(C)c1cccc(C(C)C)c1[N-]C(c1ccccc1)c1cccc(-c2[c-]cccc2)n1.C[N-]C.C[N-]C.[Hf+4]. The molecule has 0 aliphatic carbocycles. The van der Waals surface area contributed by atoms with Gasteiger partial charge < -0.3 is 20.9 Å². The molecular formula is C34H42HfN4. The predicted octanol–water partition coefficient (Wildman–Crippen LogP) is 9.83. The first-order valence-corrected chi connectivity index (χ1v) is 13.2. The van der Waals surface area contributed by atoms with Gasteiger partial charge in [0.2, 0.25) is 0 Å². The molecule has 39 heavy (non-hydrogen) atoms. The molecule has 0 radical (unpaired) electrons. The van der Waals surface area contributed by atoms with Gasteiger partial charge in [0, 0.05) is 5.69 Å². The molecule has 4 aromatic rings. The van der Waals surface area contributed by atoms with Crippen LogP contribution in [0.3, 0.4) is 0 Å². The summed E-state index contributed by atoms with van der Waals surface area (Å²) in [7, 11) is 7.00. The summed E-state index contributed by atoms with van der Waals surface area (Å²) >= 11 is 0. The molecule has 1 atom stereocenters. The van der Waals surface area contributed by atoms with Crippen molar-refractivity contribution >= 4 is 5.69 Å². The zero-order valence-corrected chi connectivity index (χ0v) is 28.3. The summed E-state index contributed by atoms with van der Waals surface area (Å²) < 4.78 is 0. The molecule has 0 saturated heterocycles. The fourth-order valence-electron chi connectivity index (χ4n) is 4.04. The van der Waals surface area contributed by atoms with E-state index in [9.17, 15) is 0 Å². The predicted molar refractivity (Wildman–Crippen MR) is 165 cm³/mol. The number of hydrogen-bond acceptors (Lipinski definition) is 1. The Kier molecular flexibility index (Phi) is 16.5. The Hall–Kier alpha value is -2.60. The Morgan fingerprint density at radius 3 is 1.69 bits per heavy atom. The molecule has 202 valence electrons. The fourth-order valence-corrected chi connectivity index (χ4v) is 4.04. The first-order chi connectivity index (χ1) is 18.4. The van der Waals surface area contributed by atoms with Gasteiger partial charge in [-0.1, -0.05) is 105 Å². The second kappa shape index (κ2) is 18.6. The van der Waals surface area contributed by atoms with Crippen molar-refractivity contribution in [3.8, 4) is 11.3 Å². The molecular weight excluding hydrogens is 643 g/mol. The van der Waals surface area contributed by atoms with Gasteiger partial charge in [-0.2, -0.15) is 28.2 Å². The van der Waals surface area contributed by atoms with Gasteiger partial charge in [-0.3, -0.25) is 0 Å². The van der Waals surface area contributed by atoms with E-state index in [0.717, 1.165) is 28.2 Å². The van der Waals surface area contributed by atoms with E-state index in [2.05, 4.69) is 99.0 Å². The average Bonchev–Trinajstić information content (AvgIpc) is 2.93. The Bertz CT molecular complexity index is 1170. The fraction of sp³-hybridized carbons (Fsp3) is 0.324. The second-order valence-electron chi connectivity index (χ2n) is 9.66. The van der Waals surface area contributed by atoms with E-state index in [0.29, 0.717) is 11.8 Å². The minimum atomic E-state index is -0.183. The van der Waals surface area contributed by atoms with E-state index < -0.39 is 0 Å². The molecule has 0 aliphatic rings. The second-order valence-corrected chi connectivity index (χ2v) is 9.66. The summed E-state index contributed by atoms with van der Waals surface area (Å²) in [5.41, 5.74) is 7.66. The van der Waals surface area contributed by atoms with Gasteiger partial charge in [0.15, 0.2) is 0 Å². The van der Waals surface area contributed by atoms with Crippen LogP contribution in [-0.2, 0) is 25.8 Å². The van der Waals surface area contributed by atoms with Crippen LogP contribution in [-0.4, -0.2) is 33.2 Å². The van der Waals surface area contributed by atoms with E-state index in [-0.39, 0.29) is 31.9 Å². The van der Waals surface area contributed by atoms with Gasteiger partial charge >= 0.3 is 25.8 Å². The number of aromatic nitrogens is 1. The van der Waals surface area contributed by atoms with E-state index in [4.69, 9.17) is 10.3 Å². The van der Waals surface area contributed by atoms with Gasteiger partial charge in [-0.15, -0.1) is 41.6 Å².